The third-order valence-electron chi connectivity index (χ3n) is 4.21. The van der Waals surface area contributed by atoms with E-state index in [2.05, 4.69) is 27.7 Å². The molecule has 0 aliphatic carbocycles. The van der Waals surface area contributed by atoms with Gasteiger partial charge in [0.05, 0.1) is 4.90 Å². The summed E-state index contributed by atoms with van der Waals surface area (Å²) >= 11 is 0. The van der Waals surface area contributed by atoms with Gasteiger partial charge in [0.25, 0.3) is 0 Å². The summed E-state index contributed by atoms with van der Waals surface area (Å²) in [5.74, 6) is 0.414. The summed E-state index contributed by atoms with van der Waals surface area (Å²) < 4.78 is 27.5. The summed E-state index contributed by atoms with van der Waals surface area (Å²) in [6, 6.07) is 7.40. The van der Waals surface area contributed by atoms with Gasteiger partial charge in [-0.1, -0.05) is 65.5 Å². The van der Waals surface area contributed by atoms with Crippen molar-refractivity contribution < 1.29 is 8.42 Å². The molecule has 0 bridgehead atoms. The lowest BCUT2D eigenvalue weighted by molar-refractivity contribution is 0.388. The smallest absolute Gasteiger partial charge is 0.207 e. The lowest BCUT2D eigenvalue weighted by atomic mass is 10.0. The summed E-state index contributed by atoms with van der Waals surface area (Å²) in [7, 11) is -3.37. The van der Waals surface area contributed by atoms with Crippen LogP contribution < -0.4 is 0 Å². The molecule has 1 aromatic carbocycles. The minimum absolute atomic E-state index is 0.414. The molecule has 0 aromatic heterocycles. The standard InChI is InChI=1S/C19H33NO2S/c1-5-7-9-15-20(16-10-8-6-2)23(21,22)19-13-11-18(12-14-19)17(3)4/h11-14,17H,5-10,15-16H2,1-4H3. The molecule has 0 saturated carbocycles. The van der Waals surface area contributed by atoms with Crippen molar-refractivity contribution in [3.8, 4) is 0 Å². The summed E-state index contributed by atoms with van der Waals surface area (Å²) in [5, 5.41) is 0. The number of benzene rings is 1. The van der Waals surface area contributed by atoms with E-state index in [9.17, 15) is 8.42 Å². The van der Waals surface area contributed by atoms with E-state index in [0.717, 1.165) is 38.5 Å². The summed E-state index contributed by atoms with van der Waals surface area (Å²) in [4.78, 5) is 0.426. The number of hydrogen-bond donors (Lipinski definition) is 0. The van der Waals surface area contributed by atoms with Gasteiger partial charge in [-0.3, -0.25) is 0 Å². The Morgan fingerprint density at radius 3 is 1.74 bits per heavy atom. The molecule has 0 radical (unpaired) electrons. The van der Waals surface area contributed by atoms with E-state index in [-0.39, 0.29) is 0 Å². The number of sulfonamides is 1. The largest absolute Gasteiger partial charge is 0.243 e. The summed E-state index contributed by atoms with van der Waals surface area (Å²) in [6.45, 7) is 9.77. The Balaban J connectivity index is 2.90. The maximum absolute atomic E-state index is 12.9. The fourth-order valence-corrected chi connectivity index (χ4v) is 4.12. The van der Waals surface area contributed by atoms with Crippen molar-refractivity contribution >= 4 is 10.0 Å². The van der Waals surface area contributed by atoms with Crippen LogP contribution in [0.3, 0.4) is 0 Å². The molecule has 0 spiro atoms. The van der Waals surface area contributed by atoms with E-state index < -0.39 is 10.0 Å². The first-order valence-electron chi connectivity index (χ1n) is 9.03. The number of hydrogen-bond acceptors (Lipinski definition) is 2. The van der Waals surface area contributed by atoms with E-state index in [1.807, 2.05) is 12.1 Å². The highest BCUT2D eigenvalue weighted by Crippen LogP contribution is 2.21. The molecule has 0 fully saturated rings. The average Bonchev–Trinajstić information content (AvgIpc) is 2.53. The van der Waals surface area contributed by atoms with E-state index in [4.69, 9.17) is 0 Å². The Hall–Kier alpha value is -0.870. The van der Waals surface area contributed by atoms with Crippen molar-refractivity contribution in [3.63, 3.8) is 0 Å². The second-order valence-corrected chi connectivity index (χ2v) is 8.48. The molecular weight excluding hydrogens is 306 g/mol. The van der Waals surface area contributed by atoms with Gasteiger partial charge in [0.15, 0.2) is 0 Å². The number of unbranched alkanes of at least 4 members (excludes halogenated alkanes) is 4. The van der Waals surface area contributed by atoms with Crippen LogP contribution in [0.25, 0.3) is 0 Å². The second-order valence-electron chi connectivity index (χ2n) is 6.54. The monoisotopic (exact) mass is 339 g/mol. The van der Waals surface area contributed by atoms with E-state index in [1.54, 1.807) is 16.4 Å². The Bertz CT molecular complexity index is 525. The predicted octanol–water partition coefficient (Wildman–Crippen LogP) is 5.18. The molecule has 0 unspecified atom stereocenters. The highest BCUT2D eigenvalue weighted by Gasteiger charge is 2.23. The van der Waals surface area contributed by atoms with Gasteiger partial charge in [-0.15, -0.1) is 0 Å². The Labute approximate surface area is 143 Å². The zero-order chi connectivity index (χ0) is 17.3. The number of nitrogens with zero attached hydrogens (tertiary/aromatic N) is 1. The van der Waals surface area contributed by atoms with Crippen LogP contribution in [-0.4, -0.2) is 25.8 Å². The molecule has 132 valence electrons. The molecule has 1 aromatic rings. The van der Waals surface area contributed by atoms with Crippen LogP contribution in [0.1, 0.15) is 77.7 Å². The fourth-order valence-electron chi connectivity index (χ4n) is 2.60. The van der Waals surface area contributed by atoms with Gasteiger partial charge in [-0.2, -0.15) is 4.31 Å². The van der Waals surface area contributed by atoms with Crippen LogP contribution >= 0.6 is 0 Å². The van der Waals surface area contributed by atoms with Crippen LogP contribution in [0, 0.1) is 0 Å². The lowest BCUT2D eigenvalue weighted by Gasteiger charge is -2.22. The zero-order valence-corrected chi connectivity index (χ0v) is 16.0. The van der Waals surface area contributed by atoms with Gasteiger partial charge in [0.1, 0.15) is 0 Å². The first-order chi connectivity index (χ1) is 10.9. The third kappa shape index (κ3) is 6.27. The summed E-state index contributed by atoms with van der Waals surface area (Å²) in [5.41, 5.74) is 1.17. The van der Waals surface area contributed by atoms with Crippen molar-refractivity contribution in [1.82, 2.24) is 4.31 Å². The second kappa shape index (κ2) is 10.1. The third-order valence-corrected chi connectivity index (χ3v) is 6.12. The van der Waals surface area contributed by atoms with Gasteiger partial charge in [-0.25, -0.2) is 8.42 Å². The number of rotatable bonds is 11. The Morgan fingerprint density at radius 2 is 1.35 bits per heavy atom. The predicted molar refractivity (Wildman–Crippen MR) is 98.3 cm³/mol. The highest BCUT2D eigenvalue weighted by atomic mass is 32.2. The minimum atomic E-state index is -3.37. The average molecular weight is 340 g/mol. The SMILES string of the molecule is CCCCCN(CCCCC)S(=O)(=O)c1ccc(C(C)C)cc1. The quantitative estimate of drug-likeness (QED) is 0.521. The fraction of sp³-hybridized carbons (Fsp3) is 0.684. The van der Waals surface area contributed by atoms with Crippen molar-refractivity contribution in [2.75, 3.05) is 13.1 Å². The molecule has 1 rings (SSSR count). The molecule has 0 atom stereocenters. The van der Waals surface area contributed by atoms with Crippen molar-refractivity contribution in [2.45, 2.75) is 77.0 Å². The van der Waals surface area contributed by atoms with E-state index in [0.29, 0.717) is 23.9 Å². The molecule has 0 amide bonds. The van der Waals surface area contributed by atoms with Crippen molar-refractivity contribution in [2.24, 2.45) is 0 Å². The molecule has 0 aliphatic rings. The zero-order valence-electron chi connectivity index (χ0n) is 15.2. The highest BCUT2D eigenvalue weighted by molar-refractivity contribution is 7.89. The van der Waals surface area contributed by atoms with Crippen LogP contribution in [0.15, 0.2) is 29.2 Å². The molecule has 23 heavy (non-hydrogen) atoms. The molecule has 3 nitrogen and oxygen atoms in total. The maximum Gasteiger partial charge on any atom is 0.243 e. The summed E-state index contributed by atoms with van der Waals surface area (Å²) in [6.07, 6.45) is 6.23. The Kier molecular flexibility index (Phi) is 8.85. The van der Waals surface area contributed by atoms with Gasteiger partial charge < -0.3 is 0 Å². The van der Waals surface area contributed by atoms with E-state index in [1.165, 1.54) is 5.56 Å². The minimum Gasteiger partial charge on any atom is -0.207 e. The van der Waals surface area contributed by atoms with Crippen molar-refractivity contribution in [3.05, 3.63) is 29.8 Å². The van der Waals surface area contributed by atoms with Crippen molar-refractivity contribution in [1.29, 1.82) is 0 Å². The molecule has 0 aliphatic heterocycles. The lowest BCUT2D eigenvalue weighted by Crippen LogP contribution is -2.33. The molecule has 0 N–H and O–H groups in total. The maximum atomic E-state index is 12.9. The molecule has 0 saturated heterocycles. The van der Waals surface area contributed by atoms with Gasteiger partial charge >= 0.3 is 0 Å². The van der Waals surface area contributed by atoms with Gasteiger partial charge in [0.2, 0.25) is 10.0 Å². The molecule has 4 heteroatoms. The van der Waals surface area contributed by atoms with Gasteiger partial charge in [-0.05, 0) is 36.5 Å². The van der Waals surface area contributed by atoms with Gasteiger partial charge in [0, 0.05) is 13.1 Å². The molecular formula is C19H33NO2S. The molecule has 0 heterocycles. The first kappa shape index (κ1) is 20.2. The van der Waals surface area contributed by atoms with Crippen LogP contribution in [0.2, 0.25) is 0 Å². The van der Waals surface area contributed by atoms with Crippen LogP contribution in [0.4, 0.5) is 0 Å². The van der Waals surface area contributed by atoms with Crippen LogP contribution in [-0.2, 0) is 10.0 Å². The normalized spacial score (nSPS) is 12.3. The van der Waals surface area contributed by atoms with Crippen LogP contribution in [0.5, 0.6) is 0 Å². The topological polar surface area (TPSA) is 37.4 Å². The Morgan fingerprint density at radius 1 is 0.870 bits per heavy atom. The van der Waals surface area contributed by atoms with E-state index >= 15 is 0 Å². The first-order valence-corrected chi connectivity index (χ1v) is 10.5.